The summed E-state index contributed by atoms with van der Waals surface area (Å²) in [6.07, 6.45) is 0.745. The number of nitrogens with zero attached hydrogens (tertiary/aromatic N) is 1. The van der Waals surface area contributed by atoms with E-state index in [9.17, 15) is 9.59 Å². The van der Waals surface area contributed by atoms with Crippen LogP contribution < -0.4 is 25.0 Å². The van der Waals surface area contributed by atoms with Gasteiger partial charge in [-0.2, -0.15) is 5.10 Å². The maximum absolute atomic E-state index is 13.3. The molecule has 12 heteroatoms. The van der Waals surface area contributed by atoms with Gasteiger partial charge >= 0.3 is 0 Å². The molecular weight excluding hydrogens is 717 g/mol. The Morgan fingerprint density at radius 2 is 1.59 bits per heavy atom. The van der Waals surface area contributed by atoms with Crippen molar-refractivity contribution in [2.24, 2.45) is 5.10 Å². The van der Waals surface area contributed by atoms with E-state index in [4.69, 9.17) is 49.0 Å². The first-order valence-corrected chi connectivity index (χ1v) is 16.2. The Morgan fingerprint density at radius 1 is 0.870 bits per heavy atom. The fraction of sp³-hybridized carbons (Fsp3) is 0.206. The van der Waals surface area contributed by atoms with E-state index in [1.54, 1.807) is 43.3 Å². The zero-order chi connectivity index (χ0) is 33.1. The molecule has 0 aliphatic carbocycles. The lowest BCUT2D eigenvalue weighted by Gasteiger charge is -2.21. The van der Waals surface area contributed by atoms with Crippen LogP contribution in [-0.4, -0.2) is 36.8 Å². The Labute approximate surface area is 291 Å². The predicted molar refractivity (Wildman–Crippen MR) is 185 cm³/mol. The van der Waals surface area contributed by atoms with Gasteiger partial charge in [-0.05, 0) is 88.9 Å². The van der Waals surface area contributed by atoms with Crippen molar-refractivity contribution in [3.05, 3.63) is 121 Å². The van der Waals surface area contributed by atoms with Crippen molar-refractivity contribution in [2.75, 3.05) is 6.61 Å². The molecule has 0 aliphatic rings. The van der Waals surface area contributed by atoms with E-state index in [0.29, 0.717) is 50.5 Å². The van der Waals surface area contributed by atoms with Gasteiger partial charge in [0.1, 0.15) is 18.4 Å². The summed E-state index contributed by atoms with van der Waals surface area (Å²) in [5.74, 6) is 0.298. The molecule has 46 heavy (non-hydrogen) atoms. The lowest BCUT2D eigenvalue weighted by atomic mass is 10.1. The van der Waals surface area contributed by atoms with Crippen molar-refractivity contribution in [3.63, 3.8) is 0 Å². The molecule has 0 saturated carbocycles. The lowest BCUT2D eigenvalue weighted by Crippen LogP contribution is -2.50. The van der Waals surface area contributed by atoms with Crippen LogP contribution in [-0.2, 0) is 22.6 Å². The molecule has 0 radical (unpaired) electrons. The van der Waals surface area contributed by atoms with Crippen molar-refractivity contribution in [1.29, 1.82) is 0 Å². The second kappa shape index (κ2) is 17.2. The highest BCUT2D eigenvalue weighted by molar-refractivity contribution is 9.10. The number of carbonyl (C=O) groups is 2. The molecule has 4 aromatic rings. The van der Waals surface area contributed by atoms with Gasteiger partial charge in [0.2, 0.25) is 0 Å². The molecule has 2 atom stereocenters. The lowest BCUT2D eigenvalue weighted by molar-refractivity contribution is -0.132. The third-order valence-corrected chi connectivity index (χ3v) is 7.87. The van der Waals surface area contributed by atoms with E-state index in [1.165, 1.54) is 12.3 Å². The van der Waals surface area contributed by atoms with Gasteiger partial charge in [-0.15, -0.1) is 0 Å². The third-order valence-electron chi connectivity index (χ3n) is 6.50. The van der Waals surface area contributed by atoms with Crippen LogP contribution in [0, 0.1) is 0 Å². The molecule has 4 aromatic carbocycles. The number of rotatable bonds is 14. The molecule has 0 unspecified atom stereocenters. The molecule has 240 valence electrons. The van der Waals surface area contributed by atoms with Crippen LogP contribution in [0.3, 0.4) is 0 Å². The molecular formula is C34H31BrCl3N3O5. The molecule has 4 rings (SSSR count). The van der Waals surface area contributed by atoms with Gasteiger partial charge in [-0.25, -0.2) is 5.43 Å². The quantitative estimate of drug-likeness (QED) is 0.101. The fourth-order valence-electron chi connectivity index (χ4n) is 4.21. The molecule has 2 amide bonds. The minimum atomic E-state index is -0.956. The molecule has 0 saturated heterocycles. The van der Waals surface area contributed by atoms with Gasteiger partial charge < -0.3 is 19.5 Å². The first-order valence-electron chi connectivity index (χ1n) is 14.3. The van der Waals surface area contributed by atoms with Crippen LogP contribution >= 0.6 is 50.7 Å². The fourth-order valence-corrected chi connectivity index (χ4v) is 5.37. The van der Waals surface area contributed by atoms with E-state index in [0.717, 1.165) is 11.1 Å². The van der Waals surface area contributed by atoms with Crippen molar-refractivity contribution in [3.8, 4) is 17.2 Å². The molecule has 8 nitrogen and oxygen atoms in total. The van der Waals surface area contributed by atoms with Crippen LogP contribution in [0.2, 0.25) is 15.1 Å². The van der Waals surface area contributed by atoms with Crippen LogP contribution in [0.1, 0.15) is 30.5 Å². The van der Waals surface area contributed by atoms with Crippen molar-refractivity contribution in [1.82, 2.24) is 10.7 Å². The number of ether oxygens (including phenoxy) is 3. The number of halogens is 4. The zero-order valence-corrected chi connectivity index (χ0v) is 28.8. The van der Waals surface area contributed by atoms with Crippen LogP contribution in [0.25, 0.3) is 0 Å². The summed E-state index contributed by atoms with van der Waals surface area (Å²) < 4.78 is 18.2. The molecule has 0 aliphatic heterocycles. The summed E-state index contributed by atoms with van der Waals surface area (Å²) in [5, 5.41) is 8.27. The first-order chi connectivity index (χ1) is 22.1. The van der Waals surface area contributed by atoms with Gasteiger partial charge in [0.25, 0.3) is 11.8 Å². The number of hydrogen-bond acceptors (Lipinski definition) is 6. The average molecular weight is 748 g/mol. The van der Waals surface area contributed by atoms with E-state index in [2.05, 4.69) is 31.8 Å². The Hall–Kier alpha value is -3.76. The Balaban J connectivity index is 1.44. The number of amides is 2. The van der Waals surface area contributed by atoms with E-state index in [1.807, 2.05) is 49.4 Å². The van der Waals surface area contributed by atoms with Gasteiger partial charge in [0.05, 0.1) is 22.3 Å². The second-order valence-corrected chi connectivity index (χ2v) is 12.1. The van der Waals surface area contributed by atoms with Crippen LogP contribution in [0.5, 0.6) is 17.2 Å². The first kappa shape index (κ1) is 35.1. The molecule has 0 bridgehead atoms. The molecule has 0 aromatic heterocycles. The SMILES string of the molecule is CCOc1cc(/C=N\NC(=O)[C@H](Cc2ccccc2)NC(=O)[C@H](C)Oc2ccc(Cl)cc2Cl)cc(Br)c1OCc1ccc(Cl)cc1. The number of hydrogen-bond donors (Lipinski definition) is 2. The highest BCUT2D eigenvalue weighted by Gasteiger charge is 2.25. The van der Waals surface area contributed by atoms with Crippen LogP contribution in [0.15, 0.2) is 94.5 Å². The number of hydrazone groups is 1. The van der Waals surface area contributed by atoms with Crippen molar-refractivity contribution >= 4 is 68.8 Å². The summed E-state index contributed by atoms with van der Waals surface area (Å²) in [7, 11) is 0. The van der Waals surface area contributed by atoms with Gasteiger partial charge in [0.15, 0.2) is 17.6 Å². The maximum atomic E-state index is 13.3. The predicted octanol–water partition coefficient (Wildman–Crippen LogP) is 8.03. The summed E-state index contributed by atoms with van der Waals surface area (Å²) in [4.78, 5) is 26.4. The summed E-state index contributed by atoms with van der Waals surface area (Å²) in [6.45, 7) is 4.15. The van der Waals surface area contributed by atoms with E-state index >= 15 is 0 Å². The summed E-state index contributed by atoms with van der Waals surface area (Å²) in [5.41, 5.74) is 4.97. The maximum Gasteiger partial charge on any atom is 0.262 e. The molecule has 2 N–H and O–H groups in total. The number of nitrogens with one attached hydrogen (secondary N) is 2. The normalized spacial score (nSPS) is 12.3. The highest BCUT2D eigenvalue weighted by atomic mass is 79.9. The average Bonchev–Trinajstić information content (AvgIpc) is 3.03. The largest absolute Gasteiger partial charge is 0.490 e. The van der Waals surface area contributed by atoms with Crippen molar-refractivity contribution < 1.29 is 23.8 Å². The summed E-state index contributed by atoms with van der Waals surface area (Å²) in [6, 6.07) is 24.0. The van der Waals surface area contributed by atoms with Crippen LogP contribution in [0.4, 0.5) is 0 Å². The number of benzene rings is 4. The molecule has 0 fully saturated rings. The topological polar surface area (TPSA) is 98.2 Å². The van der Waals surface area contributed by atoms with E-state index < -0.39 is 24.0 Å². The minimum Gasteiger partial charge on any atom is -0.490 e. The van der Waals surface area contributed by atoms with Crippen molar-refractivity contribution in [2.45, 2.75) is 39.0 Å². The van der Waals surface area contributed by atoms with Gasteiger partial charge in [-0.3, -0.25) is 9.59 Å². The number of carbonyl (C=O) groups excluding carboxylic acids is 2. The minimum absolute atomic E-state index is 0.224. The molecule has 0 spiro atoms. The third kappa shape index (κ3) is 10.4. The second-order valence-electron chi connectivity index (χ2n) is 10.00. The Morgan fingerprint density at radius 3 is 2.28 bits per heavy atom. The summed E-state index contributed by atoms with van der Waals surface area (Å²) >= 11 is 21.7. The Bertz CT molecular complexity index is 1670. The highest BCUT2D eigenvalue weighted by Crippen LogP contribution is 2.37. The smallest absolute Gasteiger partial charge is 0.262 e. The van der Waals surface area contributed by atoms with Gasteiger partial charge in [0, 0.05) is 16.5 Å². The monoisotopic (exact) mass is 745 g/mol. The molecule has 0 heterocycles. The van der Waals surface area contributed by atoms with Gasteiger partial charge in [-0.1, -0.05) is 77.3 Å². The Kier molecular flexibility index (Phi) is 13.2. The van der Waals surface area contributed by atoms with E-state index in [-0.39, 0.29) is 11.4 Å². The standard InChI is InChI=1S/C34H31BrCl3N3O5/c1-3-44-31-17-24(15-27(35)32(31)45-20-23-9-11-25(36)12-10-23)19-39-41-34(43)29(16-22-7-5-4-6-8-22)40-33(42)21(2)46-30-14-13-26(37)18-28(30)38/h4-15,17-19,21,29H,3,16,20H2,1-2H3,(H,40,42)(H,41,43)/b39-19-/t21-,29-/m0/s1. The zero-order valence-electron chi connectivity index (χ0n) is 24.9.